The summed E-state index contributed by atoms with van der Waals surface area (Å²) in [7, 11) is 4.04. The van der Waals surface area contributed by atoms with Gasteiger partial charge in [0.2, 0.25) is 5.95 Å². The monoisotopic (exact) mass is 457 g/mol. The molecule has 31 heavy (non-hydrogen) atoms. The summed E-state index contributed by atoms with van der Waals surface area (Å²) in [4.78, 5) is 11.6. The van der Waals surface area contributed by atoms with Crippen molar-refractivity contribution >= 4 is 45.9 Å². The fraction of sp³-hybridized carbons (Fsp3) is 0.417. The van der Waals surface area contributed by atoms with E-state index < -0.39 is 0 Å². The van der Waals surface area contributed by atoms with Gasteiger partial charge in [0.15, 0.2) is 0 Å². The maximum absolute atomic E-state index is 6.09. The summed E-state index contributed by atoms with van der Waals surface area (Å²) in [6.45, 7) is 1.80. The maximum atomic E-state index is 6.09. The van der Waals surface area contributed by atoms with E-state index in [1.807, 2.05) is 49.3 Å². The Bertz CT molecular complexity index is 1010. The van der Waals surface area contributed by atoms with Gasteiger partial charge in [0, 0.05) is 42.1 Å². The lowest BCUT2D eigenvalue weighted by molar-refractivity contribution is 0.324. The lowest BCUT2D eigenvalue weighted by Crippen LogP contribution is -2.31. The number of fused-ring (bicyclic) bond motifs is 1. The van der Waals surface area contributed by atoms with Crippen molar-refractivity contribution < 1.29 is 0 Å². The van der Waals surface area contributed by atoms with Crippen molar-refractivity contribution in [3.63, 3.8) is 0 Å². The van der Waals surface area contributed by atoms with Gasteiger partial charge in [-0.15, -0.1) is 0 Å². The second-order valence-electron chi connectivity index (χ2n) is 8.55. The molecule has 5 nitrogen and oxygen atoms in total. The molecule has 0 spiro atoms. The summed E-state index contributed by atoms with van der Waals surface area (Å²) < 4.78 is 0. The molecule has 1 aromatic heterocycles. The highest BCUT2D eigenvalue weighted by Crippen LogP contribution is 2.28. The third-order valence-electron chi connectivity index (χ3n) is 5.87. The molecule has 0 radical (unpaired) electrons. The first kappa shape index (κ1) is 22.1. The molecule has 1 heterocycles. The molecule has 1 aliphatic carbocycles. The molecular formula is C24H29Cl2N5. The second kappa shape index (κ2) is 10.0. The number of anilines is 2. The Balaban J connectivity index is 1.29. The minimum absolute atomic E-state index is 0.416. The zero-order chi connectivity index (χ0) is 21.8. The van der Waals surface area contributed by atoms with Crippen LogP contribution in [-0.2, 0) is 6.54 Å². The van der Waals surface area contributed by atoms with Crippen LogP contribution in [0, 0.1) is 5.92 Å². The topological polar surface area (TPSA) is 53.1 Å². The Labute approximate surface area is 194 Å². The van der Waals surface area contributed by atoms with Crippen LogP contribution >= 0.6 is 23.2 Å². The standard InChI is InChI=1S/C24H29Cl2N5/c1-31(2)23-21-5-3-4-6-22(21)29-24(30-23)28-20-9-7-16(8-10-20)14-27-15-17-11-18(25)13-19(26)12-17/h3-6,11-13,16,20,27H,7-10,14-15H2,1-2H3,(H,28,29,30)/t16-,20+. The molecule has 0 saturated heterocycles. The van der Waals surface area contributed by atoms with E-state index in [1.54, 1.807) is 6.07 Å². The molecule has 1 aliphatic rings. The van der Waals surface area contributed by atoms with Gasteiger partial charge in [0.25, 0.3) is 0 Å². The fourth-order valence-electron chi connectivity index (χ4n) is 4.29. The number of hydrogen-bond donors (Lipinski definition) is 2. The van der Waals surface area contributed by atoms with Gasteiger partial charge in [-0.05, 0) is 74.0 Å². The van der Waals surface area contributed by atoms with Crippen LogP contribution in [0.2, 0.25) is 10.0 Å². The van der Waals surface area contributed by atoms with E-state index in [1.165, 1.54) is 12.8 Å². The van der Waals surface area contributed by atoms with E-state index in [2.05, 4.69) is 16.7 Å². The molecule has 2 N–H and O–H groups in total. The molecule has 0 unspecified atom stereocenters. The van der Waals surface area contributed by atoms with E-state index in [-0.39, 0.29) is 0 Å². The van der Waals surface area contributed by atoms with Crippen LogP contribution in [0.25, 0.3) is 10.9 Å². The molecule has 4 rings (SSSR count). The summed E-state index contributed by atoms with van der Waals surface area (Å²) in [6.07, 6.45) is 4.63. The highest BCUT2D eigenvalue weighted by molar-refractivity contribution is 6.34. The summed E-state index contributed by atoms with van der Waals surface area (Å²) in [5.41, 5.74) is 2.10. The van der Waals surface area contributed by atoms with Crippen LogP contribution in [0.5, 0.6) is 0 Å². The average Bonchev–Trinajstić information content (AvgIpc) is 2.73. The van der Waals surface area contributed by atoms with E-state index in [4.69, 9.17) is 33.2 Å². The first-order valence-electron chi connectivity index (χ1n) is 10.8. The van der Waals surface area contributed by atoms with Crippen molar-refractivity contribution in [3.8, 4) is 0 Å². The molecule has 1 fully saturated rings. The van der Waals surface area contributed by atoms with Gasteiger partial charge in [0.05, 0.1) is 5.52 Å². The minimum atomic E-state index is 0.416. The number of nitrogens with zero attached hydrogens (tertiary/aromatic N) is 3. The lowest BCUT2D eigenvalue weighted by Gasteiger charge is -2.29. The van der Waals surface area contributed by atoms with Gasteiger partial charge in [0.1, 0.15) is 5.82 Å². The Morgan fingerprint density at radius 2 is 1.68 bits per heavy atom. The Hall–Kier alpha value is -2.08. The van der Waals surface area contributed by atoms with E-state index in [9.17, 15) is 0 Å². The second-order valence-corrected chi connectivity index (χ2v) is 9.43. The van der Waals surface area contributed by atoms with Gasteiger partial charge in [-0.1, -0.05) is 35.3 Å². The van der Waals surface area contributed by atoms with Crippen molar-refractivity contribution in [2.24, 2.45) is 5.92 Å². The Morgan fingerprint density at radius 1 is 0.968 bits per heavy atom. The first-order valence-corrected chi connectivity index (χ1v) is 11.6. The van der Waals surface area contributed by atoms with Crippen molar-refractivity contribution in [1.29, 1.82) is 0 Å². The van der Waals surface area contributed by atoms with Crippen LogP contribution in [0.4, 0.5) is 11.8 Å². The predicted octanol–water partition coefficient (Wildman–Crippen LogP) is 5.76. The van der Waals surface area contributed by atoms with Gasteiger partial charge < -0.3 is 15.5 Å². The van der Waals surface area contributed by atoms with E-state index >= 15 is 0 Å². The predicted molar refractivity (Wildman–Crippen MR) is 131 cm³/mol. The normalized spacial score (nSPS) is 18.8. The highest BCUT2D eigenvalue weighted by atomic mass is 35.5. The molecule has 0 atom stereocenters. The van der Waals surface area contributed by atoms with Crippen LogP contribution in [0.1, 0.15) is 31.2 Å². The number of hydrogen-bond acceptors (Lipinski definition) is 5. The Kier molecular flexibility index (Phi) is 7.16. The third-order valence-corrected chi connectivity index (χ3v) is 6.31. The van der Waals surface area contributed by atoms with Crippen molar-refractivity contribution in [1.82, 2.24) is 15.3 Å². The van der Waals surface area contributed by atoms with E-state index in [0.717, 1.165) is 54.2 Å². The molecule has 1 saturated carbocycles. The molecule has 3 aromatic rings. The maximum Gasteiger partial charge on any atom is 0.225 e. The first-order chi connectivity index (χ1) is 15.0. The zero-order valence-corrected chi connectivity index (χ0v) is 19.5. The molecule has 7 heteroatoms. The van der Waals surface area contributed by atoms with Crippen LogP contribution in [0.3, 0.4) is 0 Å². The smallest absolute Gasteiger partial charge is 0.225 e. The number of aromatic nitrogens is 2. The van der Waals surface area contributed by atoms with Gasteiger partial charge in [-0.2, -0.15) is 4.98 Å². The van der Waals surface area contributed by atoms with Gasteiger partial charge in [-0.25, -0.2) is 4.98 Å². The summed E-state index contributed by atoms with van der Waals surface area (Å²) >= 11 is 12.2. The quantitative estimate of drug-likeness (QED) is 0.471. The van der Waals surface area contributed by atoms with Crippen LogP contribution < -0.4 is 15.5 Å². The molecule has 0 amide bonds. The van der Waals surface area contributed by atoms with E-state index in [0.29, 0.717) is 22.0 Å². The molecule has 164 valence electrons. The molecule has 0 aliphatic heterocycles. The van der Waals surface area contributed by atoms with Crippen molar-refractivity contribution in [3.05, 3.63) is 58.1 Å². The van der Waals surface area contributed by atoms with Gasteiger partial charge in [-0.3, -0.25) is 0 Å². The highest BCUT2D eigenvalue weighted by Gasteiger charge is 2.22. The fourth-order valence-corrected chi connectivity index (χ4v) is 4.86. The summed E-state index contributed by atoms with van der Waals surface area (Å²) in [5.74, 6) is 2.36. The van der Waals surface area contributed by atoms with Gasteiger partial charge >= 0.3 is 0 Å². The molecular weight excluding hydrogens is 429 g/mol. The average molecular weight is 458 g/mol. The number of halogens is 2. The van der Waals surface area contributed by atoms with Crippen LogP contribution in [-0.4, -0.2) is 36.6 Å². The largest absolute Gasteiger partial charge is 0.362 e. The number of benzene rings is 2. The third kappa shape index (κ3) is 5.79. The van der Waals surface area contributed by atoms with Crippen molar-refractivity contribution in [2.45, 2.75) is 38.3 Å². The summed E-state index contributed by atoms with van der Waals surface area (Å²) in [5, 5.41) is 9.59. The molecule has 0 bridgehead atoms. The number of nitrogens with one attached hydrogen (secondary N) is 2. The summed E-state index contributed by atoms with van der Waals surface area (Å²) in [6, 6.07) is 14.3. The molecule has 2 aromatic carbocycles. The Morgan fingerprint density at radius 3 is 2.39 bits per heavy atom. The SMILES string of the molecule is CN(C)c1nc(N[C@H]2CC[C@@H](CNCc3cc(Cl)cc(Cl)c3)CC2)nc2ccccc12. The number of para-hydroxylation sites is 1. The minimum Gasteiger partial charge on any atom is -0.362 e. The zero-order valence-electron chi connectivity index (χ0n) is 18.0. The van der Waals surface area contributed by atoms with Crippen LogP contribution in [0.15, 0.2) is 42.5 Å². The number of rotatable bonds is 7. The van der Waals surface area contributed by atoms with Crippen molar-refractivity contribution in [2.75, 3.05) is 30.9 Å². The lowest BCUT2D eigenvalue weighted by atomic mass is 9.86.